The third kappa shape index (κ3) is 9.54. The number of methoxy groups -OCH3 is 1. The third-order valence-electron chi connectivity index (χ3n) is 8.45. The van der Waals surface area contributed by atoms with Gasteiger partial charge < -0.3 is 28.8 Å². The van der Waals surface area contributed by atoms with E-state index >= 15 is 0 Å². The monoisotopic (exact) mass is 696 g/mol. The standard InChI is InChI=1S/C42H49FN2O6/c1-27(2)45-35(23-22-33-24-34(50-42(6,7)49-33)25-36(46)51-41(3,4)5)37(30-16-18-31(43)19-17-30)38(29-12-10-9-11-13-29)39(45)40(47)44-26-28-14-20-32(48-8)21-15-28/h9-23,27,33-34H,24-26H2,1-8H3,(H,44,47)/b23-22+. The Kier molecular flexibility index (Phi) is 11.5. The van der Waals surface area contributed by atoms with Crippen molar-refractivity contribution in [2.45, 2.75) is 97.5 Å². The second-order valence-corrected chi connectivity index (χ2v) is 14.5. The lowest BCUT2D eigenvalue weighted by Crippen LogP contribution is -2.45. The van der Waals surface area contributed by atoms with Gasteiger partial charge in [0.25, 0.3) is 5.91 Å². The maximum Gasteiger partial charge on any atom is 0.308 e. The molecule has 2 heterocycles. The number of carbonyl (C=O) groups is 2. The molecule has 9 heteroatoms. The van der Waals surface area contributed by atoms with Crippen LogP contribution in [0, 0.1) is 5.82 Å². The van der Waals surface area contributed by atoms with E-state index < -0.39 is 23.6 Å². The van der Waals surface area contributed by atoms with E-state index in [1.165, 1.54) is 12.1 Å². The first kappa shape index (κ1) is 37.5. The first-order chi connectivity index (χ1) is 24.1. The van der Waals surface area contributed by atoms with Crippen molar-refractivity contribution in [3.63, 3.8) is 0 Å². The molecule has 2 unspecified atom stereocenters. The molecule has 1 aromatic heterocycles. The van der Waals surface area contributed by atoms with Gasteiger partial charge >= 0.3 is 5.97 Å². The number of hydrogen-bond acceptors (Lipinski definition) is 6. The molecule has 0 spiro atoms. The minimum atomic E-state index is -0.957. The number of benzene rings is 3. The molecule has 0 bridgehead atoms. The summed E-state index contributed by atoms with van der Waals surface area (Å²) in [5.41, 5.74) is 4.70. The van der Waals surface area contributed by atoms with Crippen LogP contribution in [0.4, 0.5) is 4.39 Å². The molecule has 1 aliphatic rings. The lowest BCUT2D eigenvalue weighted by Gasteiger charge is -2.39. The van der Waals surface area contributed by atoms with Crippen LogP contribution in [0.3, 0.4) is 0 Å². The fourth-order valence-corrected chi connectivity index (χ4v) is 6.49. The van der Waals surface area contributed by atoms with Gasteiger partial charge in [-0.15, -0.1) is 0 Å². The van der Waals surface area contributed by atoms with Gasteiger partial charge in [-0.2, -0.15) is 0 Å². The van der Waals surface area contributed by atoms with E-state index in [1.54, 1.807) is 19.2 Å². The van der Waals surface area contributed by atoms with Gasteiger partial charge in [0.2, 0.25) is 0 Å². The van der Waals surface area contributed by atoms with Crippen LogP contribution >= 0.6 is 0 Å². The van der Waals surface area contributed by atoms with Crippen molar-refractivity contribution in [3.05, 3.63) is 108 Å². The summed E-state index contributed by atoms with van der Waals surface area (Å²) >= 11 is 0. The Hall–Kier alpha value is -4.73. The first-order valence-electron chi connectivity index (χ1n) is 17.4. The highest BCUT2D eigenvalue weighted by Gasteiger charge is 2.37. The second-order valence-electron chi connectivity index (χ2n) is 14.5. The molecule has 1 saturated heterocycles. The van der Waals surface area contributed by atoms with Gasteiger partial charge in [0.05, 0.1) is 25.7 Å². The van der Waals surface area contributed by atoms with Gasteiger partial charge in [-0.3, -0.25) is 9.59 Å². The number of ether oxygens (including phenoxy) is 4. The Morgan fingerprint density at radius 2 is 1.61 bits per heavy atom. The minimum Gasteiger partial charge on any atom is -0.497 e. The number of aromatic nitrogens is 1. The number of carbonyl (C=O) groups excluding carboxylic acids is 2. The van der Waals surface area contributed by atoms with E-state index in [1.807, 2.05) is 120 Å². The molecule has 2 atom stereocenters. The molecule has 5 rings (SSSR count). The molecule has 3 aromatic carbocycles. The van der Waals surface area contributed by atoms with Crippen LogP contribution in [0.2, 0.25) is 0 Å². The van der Waals surface area contributed by atoms with E-state index in [0.29, 0.717) is 18.7 Å². The predicted octanol–water partition coefficient (Wildman–Crippen LogP) is 9.14. The number of halogens is 1. The van der Waals surface area contributed by atoms with E-state index in [-0.39, 0.29) is 30.2 Å². The zero-order chi connectivity index (χ0) is 36.9. The Morgan fingerprint density at radius 1 is 0.961 bits per heavy atom. The summed E-state index contributed by atoms with van der Waals surface area (Å²) in [5, 5.41) is 3.15. The average molecular weight is 697 g/mol. The van der Waals surface area contributed by atoms with Crippen LogP contribution in [-0.4, -0.2) is 47.1 Å². The van der Waals surface area contributed by atoms with Crippen LogP contribution in [0.15, 0.2) is 84.9 Å². The number of rotatable bonds is 11. The van der Waals surface area contributed by atoms with Gasteiger partial charge in [0, 0.05) is 35.8 Å². The van der Waals surface area contributed by atoms with Crippen molar-refractivity contribution in [2.24, 2.45) is 0 Å². The second kappa shape index (κ2) is 15.7. The van der Waals surface area contributed by atoms with E-state index in [4.69, 9.17) is 18.9 Å². The molecule has 1 N–H and O–H groups in total. The lowest BCUT2D eigenvalue weighted by atomic mass is 9.94. The van der Waals surface area contributed by atoms with Crippen LogP contribution < -0.4 is 10.1 Å². The Balaban J connectivity index is 1.61. The molecule has 8 nitrogen and oxygen atoms in total. The van der Waals surface area contributed by atoms with Gasteiger partial charge in [0.15, 0.2) is 5.79 Å². The van der Waals surface area contributed by atoms with Crippen molar-refractivity contribution in [1.82, 2.24) is 9.88 Å². The topological polar surface area (TPSA) is 88.0 Å². The maximum absolute atomic E-state index is 14.4. The summed E-state index contributed by atoms with van der Waals surface area (Å²) in [4.78, 5) is 27.2. The highest BCUT2D eigenvalue weighted by atomic mass is 19.1. The number of hydrogen-bond donors (Lipinski definition) is 1. The smallest absolute Gasteiger partial charge is 0.308 e. The van der Waals surface area contributed by atoms with Crippen LogP contribution in [-0.2, 0) is 25.5 Å². The van der Waals surface area contributed by atoms with Crippen molar-refractivity contribution < 1.29 is 32.9 Å². The van der Waals surface area contributed by atoms with Crippen LogP contribution in [0.5, 0.6) is 5.75 Å². The van der Waals surface area contributed by atoms with E-state index in [2.05, 4.69) is 5.32 Å². The fourth-order valence-electron chi connectivity index (χ4n) is 6.49. The summed E-state index contributed by atoms with van der Waals surface area (Å²) in [6.45, 7) is 13.5. The van der Waals surface area contributed by atoms with Crippen molar-refractivity contribution in [2.75, 3.05) is 7.11 Å². The molecule has 0 saturated carbocycles. The molecule has 0 aliphatic carbocycles. The summed E-state index contributed by atoms with van der Waals surface area (Å²) in [6.07, 6.45) is 3.61. The maximum atomic E-state index is 14.4. The Bertz CT molecular complexity index is 1840. The van der Waals surface area contributed by atoms with Crippen molar-refractivity contribution in [3.8, 4) is 28.0 Å². The Labute approximate surface area is 300 Å². The number of amides is 1. The quantitative estimate of drug-likeness (QED) is 0.158. The predicted molar refractivity (Wildman–Crippen MR) is 198 cm³/mol. The fraction of sp³-hybridized carbons (Fsp3) is 0.381. The molecule has 1 aliphatic heterocycles. The molecule has 0 radical (unpaired) electrons. The van der Waals surface area contributed by atoms with Gasteiger partial charge in [-0.25, -0.2) is 4.39 Å². The van der Waals surface area contributed by atoms with Crippen molar-refractivity contribution >= 4 is 18.0 Å². The van der Waals surface area contributed by atoms with Gasteiger partial charge in [0.1, 0.15) is 22.9 Å². The van der Waals surface area contributed by atoms with Crippen molar-refractivity contribution in [1.29, 1.82) is 0 Å². The number of nitrogens with one attached hydrogen (secondary N) is 1. The highest BCUT2D eigenvalue weighted by Crippen LogP contribution is 2.43. The minimum absolute atomic E-state index is 0.0915. The molecular weight excluding hydrogens is 647 g/mol. The number of esters is 1. The molecule has 4 aromatic rings. The van der Waals surface area contributed by atoms with E-state index in [9.17, 15) is 14.0 Å². The molecule has 1 fully saturated rings. The molecule has 1 amide bonds. The Morgan fingerprint density at radius 3 is 2.22 bits per heavy atom. The summed E-state index contributed by atoms with van der Waals surface area (Å²) in [5.74, 6) is -1.16. The van der Waals surface area contributed by atoms with Crippen LogP contribution in [0.25, 0.3) is 28.3 Å². The van der Waals surface area contributed by atoms with Crippen LogP contribution in [0.1, 0.15) is 89.1 Å². The number of nitrogens with zero attached hydrogens (tertiary/aromatic N) is 1. The average Bonchev–Trinajstić information content (AvgIpc) is 3.41. The molecule has 270 valence electrons. The molecule has 51 heavy (non-hydrogen) atoms. The zero-order valence-electron chi connectivity index (χ0n) is 30.8. The summed E-state index contributed by atoms with van der Waals surface area (Å²) in [6, 6.07) is 23.5. The normalized spacial score (nSPS) is 17.5. The zero-order valence-corrected chi connectivity index (χ0v) is 30.8. The van der Waals surface area contributed by atoms with Gasteiger partial charge in [-0.1, -0.05) is 60.7 Å². The lowest BCUT2D eigenvalue weighted by molar-refractivity contribution is -0.290. The highest BCUT2D eigenvalue weighted by molar-refractivity contribution is 6.06. The summed E-state index contributed by atoms with van der Waals surface area (Å²) in [7, 11) is 1.62. The first-order valence-corrected chi connectivity index (χ1v) is 17.4. The largest absolute Gasteiger partial charge is 0.497 e. The SMILES string of the molecule is COc1ccc(CNC(=O)c2c(-c3ccccc3)c(-c3ccc(F)cc3)c(/C=C/C3CC(CC(=O)OC(C)(C)C)OC(C)(C)O3)n2C(C)C)cc1. The summed E-state index contributed by atoms with van der Waals surface area (Å²) < 4.78 is 39.7. The van der Waals surface area contributed by atoms with Gasteiger partial charge in [-0.05, 0) is 95.5 Å². The third-order valence-corrected chi connectivity index (χ3v) is 8.45. The van der Waals surface area contributed by atoms with E-state index in [0.717, 1.165) is 39.3 Å². The molecular formula is C42H49FN2O6.